The summed E-state index contributed by atoms with van der Waals surface area (Å²) < 4.78 is 52.0. The lowest BCUT2D eigenvalue weighted by Crippen LogP contribution is -2.61. The number of benzene rings is 10. The Kier molecular flexibility index (Phi) is 8.67. The predicted molar refractivity (Wildman–Crippen MR) is 300 cm³/mol. The van der Waals surface area contributed by atoms with Crippen molar-refractivity contribution < 1.29 is 11.6 Å². The molecule has 10 aromatic carbocycles. The first-order chi connectivity index (χ1) is 36.7. The van der Waals surface area contributed by atoms with Crippen molar-refractivity contribution in [2.45, 2.75) is 45.4 Å². The van der Waals surface area contributed by atoms with Crippen LogP contribution < -0.4 is 30.9 Å². The van der Waals surface area contributed by atoms with Crippen LogP contribution >= 0.6 is 0 Å². The second-order valence-electron chi connectivity index (χ2n) is 20.5. The Balaban J connectivity index is 1.15. The molecule has 0 N–H and O–H groups in total. The topological polar surface area (TPSA) is 15.7 Å². The van der Waals surface area contributed by atoms with Gasteiger partial charge in [0, 0.05) is 50.5 Å². The van der Waals surface area contributed by atoms with Crippen molar-refractivity contribution in [3.63, 3.8) is 0 Å². The first-order valence-electron chi connectivity index (χ1n) is 27.0. The average molecular weight is 918 g/mol. The van der Waals surface area contributed by atoms with Gasteiger partial charge in [0.1, 0.15) is 11.5 Å². The molecule has 340 valence electrons. The molecule has 3 nitrogen and oxygen atoms in total. The first-order valence-corrected chi connectivity index (χ1v) is 24.5. The van der Waals surface area contributed by atoms with Gasteiger partial charge in [-0.05, 0) is 121 Å². The number of para-hydroxylation sites is 2. The van der Waals surface area contributed by atoms with Crippen molar-refractivity contribution in [2.75, 3.05) is 9.80 Å². The van der Waals surface area contributed by atoms with Crippen LogP contribution in [0.15, 0.2) is 230 Å². The number of nitrogens with zero attached hydrogens (tertiary/aromatic N) is 2. The van der Waals surface area contributed by atoms with Crippen LogP contribution in [0.25, 0.3) is 44.5 Å². The minimum atomic E-state index is -0.427. The zero-order chi connectivity index (χ0) is 52.4. The number of fused-ring (bicyclic) bond motifs is 6. The second-order valence-corrected chi connectivity index (χ2v) is 20.5. The Labute approximate surface area is 425 Å². The standard InChI is InChI=1S/C67H53BN2O/c1-66(2,3)50-35-39-59-56(43-50)68-55-40-48(53-27-19-31-63-64(53)67(4,5)54-28-16-18-30-62(54)71-63)34-38-58(55)69(51-36-32-46(33-37-51)44-20-9-6-10-21-44)60-41-49(45-22-11-7-12-23-45)42-61(65(60)68)70(59)57-29-17-15-26-52(57)47-24-13-8-14-25-47/h6-43H,1-5H3/i7D,11D,12D,22D,23D. The van der Waals surface area contributed by atoms with Crippen LogP contribution in [0.1, 0.15) is 58.2 Å². The minimum Gasteiger partial charge on any atom is -0.457 e. The van der Waals surface area contributed by atoms with E-state index in [0.29, 0.717) is 5.56 Å². The van der Waals surface area contributed by atoms with E-state index in [1.807, 2.05) is 18.2 Å². The molecule has 4 heteroatoms. The smallest absolute Gasteiger partial charge is 0.252 e. The van der Waals surface area contributed by atoms with Crippen molar-refractivity contribution in [2.24, 2.45) is 0 Å². The maximum Gasteiger partial charge on any atom is 0.252 e. The van der Waals surface area contributed by atoms with Gasteiger partial charge in [0.25, 0.3) is 6.71 Å². The van der Waals surface area contributed by atoms with Crippen molar-refractivity contribution in [1.29, 1.82) is 0 Å². The zero-order valence-electron chi connectivity index (χ0n) is 45.4. The van der Waals surface area contributed by atoms with Gasteiger partial charge in [-0.2, -0.15) is 0 Å². The molecule has 0 saturated heterocycles. The molecule has 0 spiro atoms. The fourth-order valence-corrected chi connectivity index (χ4v) is 11.5. The summed E-state index contributed by atoms with van der Waals surface area (Å²) in [4.78, 5) is 4.68. The average Bonchev–Trinajstić information content (AvgIpc) is 3.63. The lowest BCUT2D eigenvalue weighted by Gasteiger charge is -2.45. The molecular formula is C67H53BN2O. The van der Waals surface area contributed by atoms with E-state index in [1.165, 1.54) is 5.56 Å². The van der Waals surface area contributed by atoms with Gasteiger partial charge in [-0.1, -0.05) is 210 Å². The molecule has 0 radical (unpaired) electrons. The fourth-order valence-electron chi connectivity index (χ4n) is 11.5. The SMILES string of the molecule is [2H]c1c([2H])c([2H])c(-c2cc3c4c(c2)N(c2ccccc2-c2ccccc2)c2ccc(C(C)(C)C)cc2B4c2cc(-c4cccc5c4C(C)(C)c4ccccc4O5)ccc2N3c2ccc(-c3ccccc3)cc2)c([2H])c1[2H]. The second kappa shape index (κ2) is 16.4. The van der Waals surface area contributed by atoms with Gasteiger partial charge in [-0.3, -0.25) is 0 Å². The van der Waals surface area contributed by atoms with Crippen LogP contribution in [0.5, 0.6) is 11.5 Å². The molecule has 0 bridgehead atoms. The Hall–Kier alpha value is -8.34. The highest BCUT2D eigenvalue weighted by atomic mass is 16.5. The molecule has 71 heavy (non-hydrogen) atoms. The molecule has 0 aliphatic carbocycles. The molecule has 3 aliphatic heterocycles. The van der Waals surface area contributed by atoms with Crippen LogP contribution in [0.2, 0.25) is 0 Å². The van der Waals surface area contributed by atoms with Crippen molar-refractivity contribution in [1.82, 2.24) is 0 Å². The van der Waals surface area contributed by atoms with Crippen LogP contribution in [0.3, 0.4) is 0 Å². The number of hydrogen-bond acceptors (Lipinski definition) is 3. The van der Waals surface area contributed by atoms with E-state index in [0.717, 1.165) is 107 Å². The van der Waals surface area contributed by atoms with Crippen LogP contribution in [0.4, 0.5) is 34.1 Å². The molecule has 3 heterocycles. The molecule has 0 saturated carbocycles. The van der Waals surface area contributed by atoms with Gasteiger partial charge in [0.2, 0.25) is 0 Å². The monoisotopic (exact) mass is 917 g/mol. The quantitative estimate of drug-likeness (QED) is 0.155. The van der Waals surface area contributed by atoms with E-state index in [4.69, 9.17) is 8.85 Å². The van der Waals surface area contributed by atoms with Crippen molar-refractivity contribution >= 4 is 57.2 Å². The highest BCUT2D eigenvalue weighted by molar-refractivity contribution is 7.00. The highest BCUT2D eigenvalue weighted by Crippen LogP contribution is 2.53. The van der Waals surface area contributed by atoms with Gasteiger partial charge < -0.3 is 14.5 Å². The van der Waals surface area contributed by atoms with Gasteiger partial charge >= 0.3 is 0 Å². The molecule has 0 fully saturated rings. The van der Waals surface area contributed by atoms with Gasteiger partial charge in [0.05, 0.1) is 12.5 Å². The third-order valence-electron chi connectivity index (χ3n) is 14.9. The Morgan fingerprint density at radius 3 is 1.80 bits per heavy atom. The van der Waals surface area contributed by atoms with Crippen LogP contribution in [0, 0.1) is 0 Å². The summed E-state index contributed by atoms with van der Waals surface area (Å²) in [5.74, 6) is 1.72. The summed E-state index contributed by atoms with van der Waals surface area (Å²) in [6.07, 6.45) is 0. The summed E-state index contributed by atoms with van der Waals surface area (Å²) >= 11 is 0. The molecule has 13 rings (SSSR count). The maximum atomic E-state index is 9.42. The zero-order valence-corrected chi connectivity index (χ0v) is 40.4. The summed E-state index contributed by atoms with van der Waals surface area (Å²) in [6.45, 7) is 11.1. The van der Waals surface area contributed by atoms with Gasteiger partial charge in [-0.25, -0.2) is 0 Å². The van der Waals surface area contributed by atoms with Crippen LogP contribution in [-0.2, 0) is 10.8 Å². The summed E-state index contributed by atoms with van der Waals surface area (Å²) in [7, 11) is 0. The fraction of sp³-hybridized carbons (Fsp3) is 0.104. The Morgan fingerprint density at radius 1 is 0.451 bits per heavy atom. The van der Waals surface area contributed by atoms with Crippen LogP contribution in [-0.4, -0.2) is 6.71 Å². The van der Waals surface area contributed by atoms with Crippen molar-refractivity contribution in [3.05, 3.63) is 247 Å². The minimum absolute atomic E-state index is 0.146. The van der Waals surface area contributed by atoms with Gasteiger partial charge in [0.15, 0.2) is 0 Å². The normalized spacial score (nSPS) is 14.8. The highest BCUT2D eigenvalue weighted by Gasteiger charge is 2.45. The molecular weight excluding hydrogens is 860 g/mol. The Morgan fingerprint density at radius 2 is 1.04 bits per heavy atom. The summed E-state index contributed by atoms with van der Waals surface area (Å²) in [5, 5.41) is 0. The number of hydrogen-bond donors (Lipinski definition) is 0. The van der Waals surface area contributed by atoms with E-state index < -0.39 is 6.04 Å². The number of rotatable bonds is 6. The van der Waals surface area contributed by atoms with E-state index >= 15 is 0 Å². The largest absolute Gasteiger partial charge is 0.457 e. The molecule has 0 unspecified atom stereocenters. The predicted octanol–water partition coefficient (Wildman–Crippen LogP) is 16.2. The number of anilines is 6. The van der Waals surface area contributed by atoms with E-state index in [2.05, 4.69) is 226 Å². The maximum absolute atomic E-state index is 9.42. The van der Waals surface area contributed by atoms with E-state index in [9.17, 15) is 2.74 Å². The number of ether oxygens (including phenoxy) is 1. The Bertz CT molecular complexity index is 3970. The lowest BCUT2D eigenvalue weighted by molar-refractivity contribution is 0.419. The third-order valence-corrected chi connectivity index (χ3v) is 14.9. The van der Waals surface area contributed by atoms with Crippen molar-refractivity contribution in [3.8, 4) is 56.0 Å². The van der Waals surface area contributed by atoms with Gasteiger partial charge in [-0.15, -0.1) is 0 Å². The third kappa shape index (κ3) is 6.95. The molecule has 0 amide bonds. The molecule has 3 aliphatic rings. The summed E-state index contributed by atoms with van der Waals surface area (Å²) in [5.41, 5.74) is 18.9. The van der Waals surface area contributed by atoms with E-state index in [-0.39, 0.29) is 47.3 Å². The van der Waals surface area contributed by atoms with E-state index in [1.54, 1.807) is 0 Å². The molecule has 10 aromatic rings. The summed E-state index contributed by atoms with van der Waals surface area (Å²) in [6, 6.07) is 69.0. The molecule has 0 atom stereocenters. The molecule has 0 aromatic heterocycles. The first kappa shape index (κ1) is 37.5. The lowest BCUT2D eigenvalue weighted by atomic mass is 9.33.